The fraction of sp³-hybridized carbons (Fsp3) is 0.154. The second kappa shape index (κ2) is 6.92. The van der Waals surface area contributed by atoms with Crippen molar-refractivity contribution in [3.8, 4) is 11.1 Å². The molecule has 0 atom stereocenters. The first-order chi connectivity index (χ1) is 13.0. The number of hydrogen-bond donors (Lipinski definition) is 1. The lowest BCUT2D eigenvalue weighted by atomic mass is 9.86. The highest BCUT2D eigenvalue weighted by atomic mass is 14.7. The Morgan fingerprint density at radius 3 is 2.07 bits per heavy atom. The SMILES string of the molecule is CC(C)(C)c1ccc(-c2c(/C=C/c3ccccc3)[nH]c3ccccc23)cc1. The molecule has 1 nitrogen and oxygen atoms in total. The minimum atomic E-state index is 0.161. The van der Waals surface area contributed by atoms with Gasteiger partial charge in [-0.2, -0.15) is 0 Å². The zero-order valence-electron chi connectivity index (χ0n) is 16.2. The van der Waals surface area contributed by atoms with Crippen molar-refractivity contribution >= 4 is 23.1 Å². The second-order valence-corrected chi connectivity index (χ2v) is 8.03. The Balaban J connectivity index is 1.82. The summed E-state index contributed by atoms with van der Waals surface area (Å²) < 4.78 is 0. The Bertz CT molecular complexity index is 1070. The minimum Gasteiger partial charge on any atom is -0.354 e. The van der Waals surface area contributed by atoms with Crippen LogP contribution in [-0.4, -0.2) is 4.98 Å². The van der Waals surface area contributed by atoms with Crippen LogP contribution in [0.15, 0.2) is 78.9 Å². The van der Waals surface area contributed by atoms with Crippen LogP contribution in [0.3, 0.4) is 0 Å². The van der Waals surface area contributed by atoms with Crippen molar-refractivity contribution in [2.45, 2.75) is 26.2 Å². The van der Waals surface area contributed by atoms with Crippen molar-refractivity contribution in [3.05, 3.63) is 95.7 Å². The average Bonchev–Trinajstić information content (AvgIpc) is 3.05. The summed E-state index contributed by atoms with van der Waals surface area (Å²) in [6.45, 7) is 6.76. The second-order valence-electron chi connectivity index (χ2n) is 8.03. The van der Waals surface area contributed by atoms with Gasteiger partial charge in [0.25, 0.3) is 0 Å². The van der Waals surface area contributed by atoms with Gasteiger partial charge in [0.05, 0.1) is 0 Å². The van der Waals surface area contributed by atoms with Crippen molar-refractivity contribution in [1.29, 1.82) is 0 Å². The molecule has 134 valence electrons. The summed E-state index contributed by atoms with van der Waals surface area (Å²) in [6.07, 6.45) is 4.35. The number of aromatic nitrogens is 1. The van der Waals surface area contributed by atoms with Crippen LogP contribution in [0.4, 0.5) is 0 Å². The first-order valence-electron chi connectivity index (χ1n) is 9.47. The van der Waals surface area contributed by atoms with Crippen LogP contribution >= 0.6 is 0 Å². The quantitative estimate of drug-likeness (QED) is 0.398. The number of H-pyrrole nitrogens is 1. The zero-order valence-corrected chi connectivity index (χ0v) is 16.2. The minimum absolute atomic E-state index is 0.161. The normalized spacial score (nSPS) is 12.1. The summed E-state index contributed by atoms with van der Waals surface area (Å²) in [5.74, 6) is 0. The lowest BCUT2D eigenvalue weighted by Crippen LogP contribution is -2.10. The van der Waals surface area contributed by atoms with Crippen molar-refractivity contribution in [3.63, 3.8) is 0 Å². The zero-order chi connectivity index (χ0) is 18.9. The molecular formula is C26H25N. The van der Waals surface area contributed by atoms with Gasteiger partial charge in [-0.15, -0.1) is 0 Å². The number of benzene rings is 3. The Kier molecular flexibility index (Phi) is 4.45. The summed E-state index contributed by atoms with van der Waals surface area (Å²) in [6, 6.07) is 27.9. The van der Waals surface area contributed by atoms with Gasteiger partial charge in [-0.25, -0.2) is 0 Å². The molecule has 0 aliphatic heterocycles. The van der Waals surface area contributed by atoms with E-state index in [9.17, 15) is 0 Å². The third-order valence-electron chi connectivity index (χ3n) is 5.02. The molecule has 3 aromatic carbocycles. The molecule has 0 radical (unpaired) electrons. The third kappa shape index (κ3) is 3.59. The summed E-state index contributed by atoms with van der Waals surface area (Å²) >= 11 is 0. The van der Waals surface area contributed by atoms with E-state index in [0.29, 0.717) is 0 Å². The van der Waals surface area contributed by atoms with Crippen LogP contribution in [0.1, 0.15) is 37.6 Å². The van der Waals surface area contributed by atoms with Gasteiger partial charge in [0, 0.05) is 22.2 Å². The maximum absolute atomic E-state index is 3.59. The highest BCUT2D eigenvalue weighted by Crippen LogP contribution is 2.34. The van der Waals surface area contributed by atoms with Crippen molar-refractivity contribution in [2.75, 3.05) is 0 Å². The molecule has 1 heteroatoms. The van der Waals surface area contributed by atoms with Gasteiger partial charge in [0.1, 0.15) is 0 Å². The van der Waals surface area contributed by atoms with E-state index in [0.717, 1.165) is 5.69 Å². The molecule has 27 heavy (non-hydrogen) atoms. The summed E-state index contributed by atoms with van der Waals surface area (Å²) in [7, 11) is 0. The lowest BCUT2D eigenvalue weighted by Gasteiger charge is -2.19. The van der Waals surface area contributed by atoms with E-state index in [2.05, 4.69) is 111 Å². The molecule has 0 saturated carbocycles. The molecule has 0 saturated heterocycles. The van der Waals surface area contributed by atoms with Crippen LogP contribution in [0.5, 0.6) is 0 Å². The smallest absolute Gasteiger partial charge is 0.0471 e. The van der Waals surface area contributed by atoms with E-state index >= 15 is 0 Å². The van der Waals surface area contributed by atoms with E-state index in [1.54, 1.807) is 0 Å². The first-order valence-corrected chi connectivity index (χ1v) is 9.47. The van der Waals surface area contributed by atoms with Crippen LogP contribution in [0, 0.1) is 0 Å². The average molecular weight is 351 g/mol. The third-order valence-corrected chi connectivity index (χ3v) is 5.02. The molecule has 0 spiro atoms. The Morgan fingerprint density at radius 1 is 0.704 bits per heavy atom. The molecule has 0 amide bonds. The van der Waals surface area contributed by atoms with Crippen molar-refractivity contribution in [1.82, 2.24) is 4.98 Å². The van der Waals surface area contributed by atoms with E-state index < -0.39 is 0 Å². The number of para-hydroxylation sites is 1. The molecule has 1 heterocycles. The van der Waals surface area contributed by atoms with Crippen molar-refractivity contribution < 1.29 is 0 Å². The fourth-order valence-electron chi connectivity index (χ4n) is 3.48. The molecule has 0 unspecified atom stereocenters. The topological polar surface area (TPSA) is 15.8 Å². The van der Waals surface area contributed by atoms with Gasteiger partial charge in [0.2, 0.25) is 0 Å². The number of nitrogens with one attached hydrogen (secondary N) is 1. The van der Waals surface area contributed by atoms with E-state index in [1.165, 1.54) is 33.2 Å². The summed E-state index contributed by atoms with van der Waals surface area (Å²) in [4.78, 5) is 3.59. The molecule has 4 aromatic rings. The van der Waals surface area contributed by atoms with Crippen LogP contribution in [-0.2, 0) is 5.41 Å². The Hall–Kier alpha value is -3.06. The van der Waals surface area contributed by atoms with E-state index in [1.807, 2.05) is 6.07 Å². The molecule has 0 fully saturated rings. The van der Waals surface area contributed by atoms with Gasteiger partial charge >= 0.3 is 0 Å². The molecule has 0 aliphatic carbocycles. The molecule has 0 bridgehead atoms. The van der Waals surface area contributed by atoms with E-state index in [4.69, 9.17) is 0 Å². The monoisotopic (exact) mass is 351 g/mol. The van der Waals surface area contributed by atoms with Crippen LogP contribution < -0.4 is 0 Å². The standard InChI is InChI=1S/C26H25N/c1-26(2,3)21-16-14-20(15-17-21)25-22-11-7-8-12-23(22)27-24(25)18-13-19-9-5-4-6-10-19/h4-18,27H,1-3H3/b18-13+. The van der Waals surface area contributed by atoms with Gasteiger partial charge in [-0.1, -0.05) is 99.6 Å². The van der Waals surface area contributed by atoms with Gasteiger partial charge in [0.15, 0.2) is 0 Å². The number of rotatable bonds is 3. The summed E-state index contributed by atoms with van der Waals surface area (Å²) in [5, 5.41) is 1.26. The highest BCUT2D eigenvalue weighted by Gasteiger charge is 2.15. The van der Waals surface area contributed by atoms with E-state index in [-0.39, 0.29) is 5.41 Å². The Morgan fingerprint density at radius 2 is 1.37 bits per heavy atom. The Labute approximate surface area is 161 Å². The first kappa shape index (κ1) is 17.4. The molecule has 0 aliphatic rings. The van der Waals surface area contributed by atoms with Crippen LogP contribution in [0.25, 0.3) is 34.2 Å². The van der Waals surface area contributed by atoms with Crippen LogP contribution in [0.2, 0.25) is 0 Å². The largest absolute Gasteiger partial charge is 0.354 e. The lowest BCUT2D eigenvalue weighted by molar-refractivity contribution is 0.590. The predicted molar refractivity (Wildman–Crippen MR) is 118 cm³/mol. The molecule has 4 rings (SSSR count). The van der Waals surface area contributed by atoms with Crippen molar-refractivity contribution in [2.24, 2.45) is 0 Å². The maximum atomic E-state index is 3.59. The summed E-state index contributed by atoms with van der Waals surface area (Å²) in [5.41, 5.74) is 7.53. The number of aromatic amines is 1. The highest BCUT2D eigenvalue weighted by molar-refractivity contribution is 6.01. The molecule has 1 aromatic heterocycles. The number of fused-ring (bicyclic) bond motifs is 1. The molecule has 1 N–H and O–H groups in total. The maximum Gasteiger partial charge on any atom is 0.0471 e. The van der Waals surface area contributed by atoms with Gasteiger partial charge < -0.3 is 4.98 Å². The van der Waals surface area contributed by atoms with Gasteiger partial charge in [-0.3, -0.25) is 0 Å². The molecular weight excluding hydrogens is 326 g/mol. The van der Waals surface area contributed by atoms with Gasteiger partial charge in [-0.05, 0) is 34.2 Å². The number of hydrogen-bond acceptors (Lipinski definition) is 0. The fourth-order valence-corrected chi connectivity index (χ4v) is 3.48. The predicted octanol–water partition coefficient (Wildman–Crippen LogP) is 7.30.